The molecule has 1 aromatic carbocycles. The molecule has 0 bridgehead atoms. The van der Waals surface area contributed by atoms with Crippen LogP contribution in [-0.4, -0.2) is 62.6 Å². The summed E-state index contributed by atoms with van der Waals surface area (Å²) in [4.78, 5) is 21.8. The van der Waals surface area contributed by atoms with Crippen molar-refractivity contribution in [2.24, 2.45) is 0 Å². The van der Waals surface area contributed by atoms with Crippen molar-refractivity contribution >= 4 is 28.5 Å². The first-order valence-electron chi connectivity index (χ1n) is 12.1. The van der Waals surface area contributed by atoms with Gasteiger partial charge < -0.3 is 19.7 Å². The predicted molar refractivity (Wildman–Crippen MR) is 138 cm³/mol. The van der Waals surface area contributed by atoms with E-state index in [-0.39, 0.29) is 23.2 Å². The summed E-state index contributed by atoms with van der Waals surface area (Å²) in [6, 6.07) is 7.43. The Balaban J connectivity index is 1.41. The summed E-state index contributed by atoms with van der Waals surface area (Å²) in [5, 5.41) is 3.03. The standard InChI is InChI=1S/C26H30F2N8/c1-15(2)36-16(3)31-25-20(27)10-17(11-22(25)36)24-21(28)13-30-26(33-24)32-23-7-6-18(12-29-23)35-9-8-19(14-35)34(4)5/h6-7,10-13,15,19H,8-9,14H2,1-5H3,(H,29,30,32,33)/t19-/m1/s1. The van der Waals surface area contributed by atoms with E-state index < -0.39 is 11.6 Å². The van der Waals surface area contributed by atoms with Crippen LogP contribution in [0.25, 0.3) is 22.3 Å². The molecule has 0 saturated carbocycles. The number of aryl methyl sites for hydroxylation is 1. The van der Waals surface area contributed by atoms with E-state index in [1.807, 2.05) is 43.7 Å². The minimum atomic E-state index is -0.639. The van der Waals surface area contributed by atoms with Gasteiger partial charge >= 0.3 is 0 Å². The molecular weight excluding hydrogens is 462 g/mol. The third-order valence-corrected chi connectivity index (χ3v) is 6.71. The van der Waals surface area contributed by atoms with Crippen LogP contribution in [0, 0.1) is 18.6 Å². The Labute approximate surface area is 209 Å². The van der Waals surface area contributed by atoms with Crippen molar-refractivity contribution in [2.75, 3.05) is 37.4 Å². The summed E-state index contributed by atoms with van der Waals surface area (Å²) in [7, 11) is 4.20. The topological polar surface area (TPSA) is 75.0 Å². The summed E-state index contributed by atoms with van der Waals surface area (Å²) in [6.45, 7) is 7.76. The highest BCUT2D eigenvalue weighted by molar-refractivity contribution is 5.83. The Kier molecular flexibility index (Phi) is 6.29. The highest BCUT2D eigenvalue weighted by atomic mass is 19.1. The first kappa shape index (κ1) is 24.1. The molecule has 1 saturated heterocycles. The van der Waals surface area contributed by atoms with Gasteiger partial charge in [0.15, 0.2) is 11.6 Å². The van der Waals surface area contributed by atoms with E-state index in [0.29, 0.717) is 28.8 Å². The van der Waals surface area contributed by atoms with Gasteiger partial charge in [-0.2, -0.15) is 0 Å². The van der Waals surface area contributed by atoms with Crippen LogP contribution in [0.2, 0.25) is 0 Å². The molecule has 0 aliphatic carbocycles. The predicted octanol–water partition coefficient (Wildman–Crippen LogP) is 4.94. The van der Waals surface area contributed by atoms with Gasteiger partial charge in [-0.25, -0.2) is 28.7 Å². The molecule has 36 heavy (non-hydrogen) atoms. The maximum Gasteiger partial charge on any atom is 0.229 e. The van der Waals surface area contributed by atoms with Crippen LogP contribution in [0.15, 0.2) is 36.7 Å². The third-order valence-electron chi connectivity index (χ3n) is 6.71. The van der Waals surface area contributed by atoms with Gasteiger partial charge in [-0.3, -0.25) is 0 Å². The maximum atomic E-state index is 14.9. The number of hydrogen-bond acceptors (Lipinski definition) is 7. The molecule has 1 N–H and O–H groups in total. The van der Waals surface area contributed by atoms with Gasteiger partial charge in [-0.05, 0) is 65.6 Å². The minimum absolute atomic E-state index is 0.00544. The van der Waals surface area contributed by atoms with Crippen LogP contribution in [0.3, 0.4) is 0 Å². The van der Waals surface area contributed by atoms with Crippen LogP contribution in [0.4, 0.5) is 26.2 Å². The lowest BCUT2D eigenvalue weighted by Crippen LogP contribution is -2.31. The molecule has 0 unspecified atom stereocenters. The summed E-state index contributed by atoms with van der Waals surface area (Å²) in [5.74, 6) is 0.249. The number of nitrogens with zero attached hydrogens (tertiary/aromatic N) is 7. The van der Waals surface area contributed by atoms with Crippen molar-refractivity contribution < 1.29 is 8.78 Å². The van der Waals surface area contributed by atoms with Gasteiger partial charge in [0.05, 0.1) is 23.6 Å². The second-order valence-electron chi connectivity index (χ2n) is 9.72. The molecule has 1 atom stereocenters. The highest BCUT2D eigenvalue weighted by Crippen LogP contribution is 2.30. The number of fused-ring (bicyclic) bond motifs is 1. The highest BCUT2D eigenvalue weighted by Gasteiger charge is 2.24. The van der Waals surface area contributed by atoms with Gasteiger partial charge in [0.2, 0.25) is 5.95 Å². The zero-order valence-corrected chi connectivity index (χ0v) is 21.1. The lowest BCUT2D eigenvalue weighted by Gasteiger charge is -2.21. The van der Waals surface area contributed by atoms with Crippen molar-refractivity contribution in [3.63, 3.8) is 0 Å². The van der Waals surface area contributed by atoms with Crippen molar-refractivity contribution in [2.45, 2.75) is 39.3 Å². The zero-order chi connectivity index (χ0) is 25.6. The second-order valence-corrected chi connectivity index (χ2v) is 9.72. The Morgan fingerprint density at radius 2 is 1.86 bits per heavy atom. The van der Waals surface area contributed by atoms with Gasteiger partial charge in [0.1, 0.15) is 22.9 Å². The van der Waals surface area contributed by atoms with E-state index in [1.54, 1.807) is 6.07 Å². The molecule has 0 amide bonds. The number of nitrogens with one attached hydrogen (secondary N) is 1. The maximum absolute atomic E-state index is 14.9. The van der Waals surface area contributed by atoms with Crippen LogP contribution >= 0.6 is 0 Å². The molecule has 10 heteroatoms. The molecule has 1 aliphatic heterocycles. The van der Waals surface area contributed by atoms with E-state index in [0.717, 1.165) is 31.4 Å². The van der Waals surface area contributed by atoms with Gasteiger partial charge in [-0.1, -0.05) is 0 Å². The van der Waals surface area contributed by atoms with Crippen LogP contribution in [-0.2, 0) is 0 Å². The molecule has 1 fully saturated rings. The van der Waals surface area contributed by atoms with E-state index in [1.165, 1.54) is 6.07 Å². The number of likely N-dealkylation sites (N-methyl/N-ethyl adjacent to an activating group) is 1. The number of halogens is 2. The molecule has 188 valence electrons. The van der Waals surface area contributed by atoms with Crippen molar-refractivity contribution in [3.05, 3.63) is 54.1 Å². The average molecular weight is 493 g/mol. The fourth-order valence-corrected chi connectivity index (χ4v) is 4.85. The van der Waals surface area contributed by atoms with Gasteiger partial charge in [0.25, 0.3) is 0 Å². The molecule has 4 heterocycles. The number of anilines is 3. The lowest BCUT2D eigenvalue weighted by molar-refractivity contribution is 0.315. The molecule has 8 nitrogen and oxygen atoms in total. The Hall–Kier alpha value is -3.66. The number of hydrogen-bond donors (Lipinski definition) is 1. The minimum Gasteiger partial charge on any atom is -0.369 e. The monoisotopic (exact) mass is 492 g/mol. The first-order chi connectivity index (χ1) is 17.2. The first-order valence-corrected chi connectivity index (χ1v) is 12.1. The second kappa shape index (κ2) is 9.42. The average Bonchev–Trinajstić information content (AvgIpc) is 3.46. The van der Waals surface area contributed by atoms with Crippen LogP contribution in [0.1, 0.15) is 32.1 Å². The number of rotatable bonds is 6. The summed E-state index contributed by atoms with van der Waals surface area (Å²) in [6.07, 6.45) is 4.00. The number of benzene rings is 1. The van der Waals surface area contributed by atoms with E-state index in [9.17, 15) is 8.78 Å². The smallest absolute Gasteiger partial charge is 0.229 e. The summed E-state index contributed by atoms with van der Waals surface area (Å²) in [5.41, 5.74) is 2.23. The van der Waals surface area contributed by atoms with Crippen molar-refractivity contribution in [3.8, 4) is 11.3 Å². The molecule has 0 radical (unpaired) electrons. The Morgan fingerprint density at radius 3 is 2.53 bits per heavy atom. The van der Waals surface area contributed by atoms with E-state index >= 15 is 0 Å². The molecular formula is C26H30F2N8. The molecule has 1 aliphatic rings. The normalized spacial score (nSPS) is 16.0. The van der Waals surface area contributed by atoms with E-state index in [4.69, 9.17) is 0 Å². The number of aromatic nitrogens is 5. The van der Waals surface area contributed by atoms with E-state index in [2.05, 4.69) is 49.1 Å². The van der Waals surface area contributed by atoms with Crippen LogP contribution < -0.4 is 10.2 Å². The van der Waals surface area contributed by atoms with Crippen molar-refractivity contribution in [1.29, 1.82) is 0 Å². The lowest BCUT2D eigenvalue weighted by atomic mass is 10.1. The summed E-state index contributed by atoms with van der Waals surface area (Å²) >= 11 is 0. The van der Waals surface area contributed by atoms with Crippen LogP contribution in [0.5, 0.6) is 0 Å². The molecule has 4 aromatic rings. The quantitative estimate of drug-likeness (QED) is 0.409. The largest absolute Gasteiger partial charge is 0.369 e. The Bertz CT molecular complexity index is 1400. The third kappa shape index (κ3) is 4.48. The molecule has 5 rings (SSSR count). The summed E-state index contributed by atoms with van der Waals surface area (Å²) < 4.78 is 31.6. The fourth-order valence-electron chi connectivity index (χ4n) is 4.85. The zero-order valence-electron chi connectivity index (χ0n) is 21.1. The van der Waals surface area contributed by atoms with Crippen molar-refractivity contribution in [1.82, 2.24) is 29.4 Å². The molecule has 3 aromatic heterocycles. The SMILES string of the molecule is Cc1nc2c(F)cc(-c3nc(Nc4ccc(N5CC[C@@H](N(C)C)C5)cn4)ncc3F)cc2n1C(C)C. The van der Waals surface area contributed by atoms with Gasteiger partial charge in [0, 0.05) is 30.7 Å². The number of imidazole rings is 1. The fraction of sp³-hybridized carbons (Fsp3) is 0.385. The van der Waals surface area contributed by atoms with Gasteiger partial charge in [-0.15, -0.1) is 0 Å². The number of pyridine rings is 1. The molecule has 0 spiro atoms. The Morgan fingerprint density at radius 1 is 1.06 bits per heavy atom.